The number of fused-ring (bicyclic) bond motifs is 3. The van der Waals surface area contributed by atoms with Crippen molar-refractivity contribution in [3.05, 3.63) is 23.2 Å². The SMILES string of the molecule is C[C@]1(C(=O)NC2CCCCC2)Cn2c(cc3sccc32)C(=O)N1C[C@@H]1CCCO1. The van der Waals surface area contributed by atoms with E-state index in [-0.39, 0.29) is 24.0 Å². The first-order chi connectivity index (χ1) is 14.1. The van der Waals surface area contributed by atoms with Gasteiger partial charge in [0.1, 0.15) is 11.2 Å². The van der Waals surface area contributed by atoms with Crippen molar-refractivity contribution in [2.75, 3.05) is 13.2 Å². The van der Waals surface area contributed by atoms with Crippen molar-refractivity contribution in [1.29, 1.82) is 0 Å². The maximum Gasteiger partial charge on any atom is 0.271 e. The number of hydrogen-bond acceptors (Lipinski definition) is 4. The average Bonchev–Trinajstić information content (AvgIpc) is 3.45. The van der Waals surface area contributed by atoms with Crippen molar-refractivity contribution in [1.82, 2.24) is 14.8 Å². The molecular weight excluding hydrogens is 386 g/mol. The number of amides is 2. The van der Waals surface area contributed by atoms with E-state index < -0.39 is 5.54 Å². The van der Waals surface area contributed by atoms with E-state index in [2.05, 4.69) is 5.32 Å². The lowest BCUT2D eigenvalue weighted by molar-refractivity contribution is -0.134. The van der Waals surface area contributed by atoms with Gasteiger partial charge in [0.25, 0.3) is 5.91 Å². The van der Waals surface area contributed by atoms with Crippen LogP contribution in [0.25, 0.3) is 10.2 Å². The molecule has 0 radical (unpaired) electrons. The molecule has 4 heterocycles. The number of nitrogens with one attached hydrogen (secondary N) is 1. The fraction of sp³-hybridized carbons (Fsp3) is 0.636. The molecule has 2 amide bonds. The van der Waals surface area contributed by atoms with E-state index in [1.807, 2.05) is 29.0 Å². The standard InChI is InChI=1S/C22H29N3O3S/c1-22(21(27)23-15-6-3-2-4-7-15)14-24-17-9-11-29-19(17)12-18(24)20(26)25(22)13-16-8-5-10-28-16/h9,11-12,15-16H,2-8,10,13-14H2,1H3,(H,23,27)/t16-,22+/m0/s1. The third-order valence-corrected chi connectivity index (χ3v) is 7.74. The summed E-state index contributed by atoms with van der Waals surface area (Å²) in [5.41, 5.74) is 0.820. The zero-order chi connectivity index (χ0) is 20.0. The second kappa shape index (κ2) is 7.43. The molecule has 2 aromatic heterocycles. The van der Waals surface area contributed by atoms with E-state index in [1.54, 1.807) is 16.2 Å². The summed E-state index contributed by atoms with van der Waals surface area (Å²) in [6.07, 6.45) is 7.62. The molecule has 0 aromatic carbocycles. The number of rotatable bonds is 4. The summed E-state index contributed by atoms with van der Waals surface area (Å²) in [6.45, 7) is 3.63. The maximum atomic E-state index is 13.6. The molecule has 7 heteroatoms. The Morgan fingerprint density at radius 2 is 2.10 bits per heavy atom. The van der Waals surface area contributed by atoms with Gasteiger partial charge < -0.3 is 19.5 Å². The summed E-state index contributed by atoms with van der Waals surface area (Å²) in [4.78, 5) is 28.9. The van der Waals surface area contributed by atoms with Crippen molar-refractivity contribution < 1.29 is 14.3 Å². The minimum Gasteiger partial charge on any atom is -0.376 e. The van der Waals surface area contributed by atoms with Gasteiger partial charge in [-0.15, -0.1) is 11.3 Å². The highest BCUT2D eigenvalue weighted by Crippen LogP contribution is 2.35. The number of aromatic nitrogens is 1. The second-order valence-electron chi connectivity index (χ2n) is 8.92. The Kier molecular flexibility index (Phi) is 4.90. The van der Waals surface area contributed by atoms with Gasteiger partial charge in [0.05, 0.1) is 22.9 Å². The molecule has 1 aliphatic carbocycles. The summed E-state index contributed by atoms with van der Waals surface area (Å²) in [5.74, 6) is -0.0880. The van der Waals surface area contributed by atoms with Gasteiger partial charge in [-0.2, -0.15) is 0 Å². The molecule has 29 heavy (non-hydrogen) atoms. The number of nitrogens with zero attached hydrogens (tertiary/aromatic N) is 2. The average molecular weight is 416 g/mol. The number of ether oxygens (including phenoxy) is 1. The molecule has 3 aliphatic rings. The van der Waals surface area contributed by atoms with Gasteiger partial charge in [-0.05, 0) is 50.1 Å². The van der Waals surface area contributed by atoms with Crippen LogP contribution in [0.4, 0.5) is 0 Å². The quantitative estimate of drug-likeness (QED) is 0.831. The van der Waals surface area contributed by atoms with Gasteiger partial charge in [-0.1, -0.05) is 19.3 Å². The summed E-state index contributed by atoms with van der Waals surface area (Å²) in [6, 6.07) is 4.25. The number of carbonyl (C=O) groups is 2. The monoisotopic (exact) mass is 415 g/mol. The molecule has 156 valence electrons. The first-order valence-corrected chi connectivity index (χ1v) is 11.8. The largest absolute Gasteiger partial charge is 0.376 e. The maximum absolute atomic E-state index is 13.6. The van der Waals surface area contributed by atoms with Gasteiger partial charge in [0.15, 0.2) is 0 Å². The van der Waals surface area contributed by atoms with E-state index in [9.17, 15) is 9.59 Å². The van der Waals surface area contributed by atoms with Crippen LogP contribution in [0, 0.1) is 0 Å². The molecule has 2 fully saturated rings. The molecular formula is C22H29N3O3S. The number of thiophene rings is 1. The summed E-state index contributed by atoms with van der Waals surface area (Å²) in [5, 5.41) is 5.33. The smallest absolute Gasteiger partial charge is 0.271 e. The molecule has 2 aromatic rings. The fourth-order valence-electron chi connectivity index (χ4n) is 5.14. The first kappa shape index (κ1) is 19.1. The van der Waals surface area contributed by atoms with Crippen molar-refractivity contribution in [2.24, 2.45) is 0 Å². The van der Waals surface area contributed by atoms with Crippen molar-refractivity contribution in [3.8, 4) is 0 Å². The third kappa shape index (κ3) is 3.28. The van der Waals surface area contributed by atoms with Gasteiger partial charge in [0, 0.05) is 19.2 Å². The Bertz CT molecular complexity index is 923. The second-order valence-corrected chi connectivity index (χ2v) is 9.87. The molecule has 2 aliphatic heterocycles. The van der Waals surface area contributed by atoms with E-state index >= 15 is 0 Å². The fourth-order valence-corrected chi connectivity index (χ4v) is 5.96. The minimum atomic E-state index is -0.915. The molecule has 1 saturated heterocycles. The normalized spacial score (nSPS) is 28.1. The predicted molar refractivity (Wildman–Crippen MR) is 113 cm³/mol. The Morgan fingerprint density at radius 3 is 2.86 bits per heavy atom. The van der Waals surface area contributed by atoms with Crippen molar-refractivity contribution in [2.45, 2.75) is 76.1 Å². The van der Waals surface area contributed by atoms with Gasteiger partial charge in [0.2, 0.25) is 5.91 Å². The summed E-state index contributed by atoms with van der Waals surface area (Å²) >= 11 is 1.64. The predicted octanol–water partition coefficient (Wildman–Crippen LogP) is 3.55. The van der Waals surface area contributed by atoms with Crippen LogP contribution in [-0.4, -0.2) is 52.1 Å². The molecule has 6 nitrogen and oxygen atoms in total. The zero-order valence-electron chi connectivity index (χ0n) is 17.0. The van der Waals surface area contributed by atoms with Gasteiger partial charge >= 0.3 is 0 Å². The lowest BCUT2D eigenvalue weighted by Crippen LogP contribution is -2.66. The van der Waals surface area contributed by atoms with Crippen LogP contribution < -0.4 is 5.32 Å². The number of hydrogen-bond donors (Lipinski definition) is 1. The Labute approximate surface area is 175 Å². The number of carbonyl (C=O) groups excluding carboxylic acids is 2. The van der Waals surface area contributed by atoms with Gasteiger partial charge in [-0.3, -0.25) is 9.59 Å². The van der Waals surface area contributed by atoms with Crippen LogP contribution in [0.2, 0.25) is 0 Å². The van der Waals surface area contributed by atoms with Crippen LogP contribution in [0.15, 0.2) is 17.5 Å². The molecule has 5 rings (SSSR count). The summed E-state index contributed by atoms with van der Waals surface area (Å²) < 4.78 is 8.97. The van der Waals surface area contributed by atoms with Crippen LogP contribution >= 0.6 is 11.3 Å². The van der Waals surface area contributed by atoms with Gasteiger partial charge in [-0.25, -0.2) is 0 Å². The zero-order valence-corrected chi connectivity index (χ0v) is 17.8. The highest BCUT2D eigenvalue weighted by Gasteiger charge is 2.49. The highest BCUT2D eigenvalue weighted by molar-refractivity contribution is 7.17. The Morgan fingerprint density at radius 1 is 1.28 bits per heavy atom. The third-order valence-electron chi connectivity index (χ3n) is 6.89. The van der Waals surface area contributed by atoms with Crippen LogP contribution in [-0.2, 0) is 16.1 Å². The molecule has 0 spiro atoms. The molecule has 0 unspecified atom stereocenters. The highest BCUT2D eigenvalue weighted by atomic mass is 32.1. The molecule has 1 saturated carbocycles. The molecule has 1 N–H and O–H groups in total. The Hall–Kier alpha value is -1.86. The topological polar surface area (TPSA) is 63.6 Å². The van der Waals surface area contributed by atoms with E-state index in [0.717, 1.165) is 55.3 Å². The lowest BCUT2D eigenvalue weighted by atomic mass is 9.91. The first-order valence-electron chi connectivity index (χ1n) is 10.9. The molecule has 0 bridgehead atoms. The summed E-state index contributed by atoms with van der Waals surface area (Å²) in [7, 11) is 0. The lowest BCUT2D eigenvalue weighted by Gasteiger charge is -2.45. The van der Waals surface area contributed by atoms with Crippen LogP contribution in [0.1, 0.15) is 62.4 Å². The van der Waals surface area contributed by atoms with Crippen LogP contribution in [0.3, 0.4) is 0 Å². The van der Waals surface area contributed by atoms with E-state index in [4.69, 9.17) is 4.74 Å². The Balaban J connectivity index is 1.49. The van der Waals surface area contributed by atoms with Crippen molar-refractivity contribution in [3.63, 3.8) is 0 Å². The van der Waals surface area contributed by atoms with E-state index in [0.29, 0.717) is 18.8 Å². The minimum absolute atomic E-state index is 0.0170. The molecule has 2 atom stereocenters. The van der Waals surface area contributed by atoms with Crippen molar-refractivity contribution >= 4 is 33.4 Å². The van der Waals surface area contributed by atoms with Crippen LogP contribution in [0.5, 0.6) is 0 Å². The van der Waals surface area contributed by atoms with E-state index in [1.165, 1.54) is 6.42 Å².